The van der Waals surface area contributed by atoms with E-state index < -0.39 is 0 Å². The maximum atomic E-state index is 13.0. The van der Waals surface area contributed by atoms with Gasteiger partial charge < -0.3 is 4.90 Å². The van der Waals surface area contributed by atoms with E-state index in [0.717, 1.165) is 45.7 Å². The van der Waals surface area contributed by atoms with Crippen molar-refractivity contribution in [3.63, 3.8) is 0 Å². The zero-order valence-corrected chi connectivity index (χ0v) is 19.6. The van der Waals surface area contributed by atoms with Crippen molar-refractivity contribution in [2.45, 2.75) is 25.9 Å². The van der Waals surface area contributed by atoms with Crippen LogP contribution in [0, 0.1) is 6.92 Å². The first-order valence-electron chi connectivity index (χ1n) is 11.6. The molecule has 3 heterocycles. The summed E-state index contributed by atoms with van der Waals surface area (Å²) in [5.41, 5.74) is 5.30. The number of hydrogen-bond donors (Lipinski definition) is 0. The van der Waals surface area contributed by atoms with Crippen LogP contribution in [-0.4, -0.2) is 59.9 Å². The SMILES string of the molecule is Cc1ccc(C(c2ccccc2)N2CCN(CC(=O)N3CCc4sccc4C3)CC2)cc1. The Bertz CT molecular complexity index is 1040. The first kappa shape index (κ1) is 21.4. The van der Waals surface area contributed by atoms with Gasteiger partial charge in [-0.05, 0) is 41.5 Å². The molecule has 2 aliphatic rings. The van der Waals surface area contributed by atoms with E-state index in [0.29, 0.717) is 6.54 Å². The Labute approximate surface area is 195 Å². The molecule has 1 unspecified atom stereocenters. The molecule has 0 radical (unpaired) electrons. The molecule has 0 spiro atoms. The van der Waals surface area contributed by atoms with Gasteiger partial charge in [-0.15, -0.1) is 11.3 Å². The van der Waals surface area contributed by atoms with Crippen LogP contribution < -0.4 is 0 Å². The predicted octanol–water partition coefficient (Wildman–Crippen LogP) is 4.35. The quantitative estimate of drug-likeness (QED) is 0.584. The second-order valence-corrected chi connectivity index (χ2v) is 9.97. The average molecular weight is 446 g/mol. The number of aryl methyl sites for hydroxylation is 1. The molecule has 166 valence electrons. The first-order chi connectivity index (χ1) is 15.7. The molecule has 1 aromatic heterocycles. The lowest BCUT2D eigenvalue weighted by atomic mass is 9.95. The van der Waals surface area contributed by atoms with Gasteiger partial charge in [0.15, 0.2) is 0 Å². The van der Waals surface area contributed by atoms with Gasteiger partial charge in [0, 0.05) is 44.1 Å². The summed E-state index contributed by atoms with van der Waals surface area (Å²) in [5.74, 6) is 0.272. The summed E-state index contributed by atoms with van der Waals surface area (Å²) in [7, 11) is 0. The Hall–Kier alpha value is -2.47. The predicted molar refractivity (Wildman–Crippen MR) is 131 cm³/mol. The molecule has 5 heteroatoms. The molecule has 1 atom stereocenters. The minimum absolute atomic E-state index is 0.258. The molecule has 0 saturated carbocycles. The Kier molecular flexibility index (Phi) is 6.39. The molecule has 0 bridgehead atoms. The number of carbonyl (C=O) groups excluding carboxylic acids is 1. The minimum Gasteiger partial charge on any atom is -0.337 e. The molecule has 0 aliphatic carbocycles. The van der Waals surface area contributed by atoms with Crippen molar-refractivity contribution in [1.29, 1.82) is 0 Å². The number of rotatable bonds is 5. The third-order valence-electron chi connectivity index (χ3n) is 6.80. The number of piperazine rings is 1. The highest BCUT2D eigenvalue weighted by Gasteiger charge is 2.28. The molecular weight excluding hydrogens is 414 g/mol. The summed E-state index contributed by atoms with van der Waals surface area (Å²) < 4.78 is 0. The van der Waals surface area contributed by atoms with Gasteiger partial charge in [-0.1, -0.05) is 60.2 Å². The van der Waals surface area contributed by atoms with Crippen molar-refractivity contribution in [1.82, 2.24) is 14.7 Å². The van der Waals surface area contributed by atoms with Crippen molar-refractivity contribution in [2.75, 3.05) is 39.3 Å². The molecule has 1 saturated heterocycles. The maximum Gasteiger partial charge on any atom is 0.237 e. The van der Waals surface area contributed by atoms with Crippen LogP contribution in [0.15, 0.2) is 66.0 Å². The fourth-order valence-electron chi connectivity index (χ4n) is 4.93. The number of benzene rings is 2. The Morgan fingerprint density at radius 3 is 2.38 bits per heavy atom. The monoisotopic (exact) mass is 445 g/mol. The topological polar surface area (TPSA) is 26.8 Å². The summed E-state index contributed by atoms with van der Waals surface area (Å²) in [4.78, 5) is 21.4. The highest BCUT2D eigenvalue weighted by atomic mass is 32.1. The van der Waals surface area contributed by atoms with Crippen molar-refractivity contribution in [3.05, 3.63) is 93.2 Å². The van der Waals surface area contributed by atoms with Gasteiger partial charge in [0.2, 0.25) is 5.91 Å². The molecule has 32 heavy (non-hydrogen) atoms. The normalized spacial score (nSPS) is 18.3. The number of amides is 1. The fraction of sp³-hybridized carbons (Fsp3) is 0.370. The smallest absolute Gasteiger partial charge is 0.237 e. The molecule has 5 rings (SSSR count). The van der Waals surface area contributed by atoms with Crippen molar-refractivity contribution >= 4 is 17.2 Å². The maximum absolute atomic E-state index is 13.0. The van der Waals surface area contributed by atoms with E-state index in [2.05, 4.69) is 82.8 Å². The van der Waals surface area contributed by atoms with E-state index in [1.165, 1.54) is 27.1 Å². The van der Waals surface area contributed by atoms with Gasteiger partial charge in [-0.2, -0.15) is 0 Å². The van der Waals surface area contributed by atoms with Crippen LogP contribution in [0.3, 0.4) is 0 Å². The van der Waals surface area contributed by atoms with Crippen molar-refractivity contribution in [3.8, 4) is 0 Å². The average Bonchev–Trinajstić information content (AvgIpc) is 3.30. The van der Waals surface area contributed by atoms with Crippen molar-refractivity contribution in [2.24, 2.45) is 0 Å². The third kappa shape index (κ3) is 4.65. The molecule has 2 aliphatic heterocycles. The van der Waals surface area contributed by atoms with Gasteiger partial charge in [-0.25, -0.2) is 0 Å². The van der Waals surface area contributed by atoms with Crippen LogP contribution in [0.2, 0.25) is 0 Å². The molecule has 3 aromatic rings. The summed E-state index contributed by atoms with van der Waals surface area (Å²) in [6.45, 7) is 8.10. The van der Waals surface area contributed by atoms with Gasteiger partial charge in [0.1, 0.15) is 0 Å². The van der Waals surface area contributed by atoms with E-state index in [4.69, 9.17) is 0 Å². The lowest BCUT2D eigenvalue weighted by Gasteiger charge is -2.40. The molecule has 4 nitrogen and oxygen atoms in total. The second-order valence-electron chi connectivity index (χ2n) is 8.97. The zero-order valence-electron chi connectivity index (χ0n) is 18.7. The van der Waals surface area contributed by atoms with Gasteiger partial charge >= 0.3 is 0 Å². The number of thiophene rings is 1. The highest BCUT2D eigenvalue weighted by Crippen LogP contribution is 2.30. The highest BCUT2D eigenvalue weighted by molar-refractivity contribution is 7.10. The van der Waals surface area contributed by atoms with Crippen LogP contribution in [0.4, 0.5) is 0 Å². The van der Waals surface area contributed by atoms with E-state index >= 15 is 0 Å². The van der Waals surface area contributed by atoms with Gasteiger partial charge in [0.05, 0.1) is 12.6 Å². The lowest BCUT2D eigenvalue weighted by Crippen LogP contribution is -2.51. The van der Waals surface area contributed by atoms with Crippen LogP contribution in [0.25, 0.3) is 0 Å². The number of nitrogens with zero attached hydrogens (tertiary/aromatic N) is 3. The summed E-state index contributed by atoms with van der Waals surface area (Å²) in [6, 6.07) is 22.2. The Morgan fingerprint density at radius 1 is 0.906 bits per heavy atom. The lowest BCUT2D eigenvalue weighted by molar-refractivity contribution is -0.133. The van der Waals surface area contributed by atoms with E-state index in [9.17, 15) is 4.79 Å². The largest absolute Gasteiger partial charge is 0.337 e. The first-order valence-corrected chi connectivity index (χ1v) is 12.5. The molecule has 1 fully saturated rings. The number of carbonyl (C=O) groups is 1. The summed E-state index contributed by atoms with van der Waals surface area (Å²) >= 11 is 1.82. The van der Waals surface area contributed by atoms with Crippen LogP contribution in [0.1, 0.15) is 33.2 Å². The van der Waals surface area contributed by atoms with E-state index in [-0.39, 0.29) is 11.9 Å². The Balaban J connectivity index is 1.22. The molecule has 0 N–H and O–H groups in total. The van der Waals surface area contributed by atoms with Crippen LogP contribution in [-0.2, 0) is 17.8 Å². The standard InChI is InChI=1S/C27H31N3OS/c1-21-7-9-23(10-8-21)27(22-5-3-2-4-6-22)29-16-14-28(15-17-29)20-26(31)30-13-11-25-24(19-30)12-18-32-25/h2-10,12,18,27H,11,13-17,19-20H2,1H3. The van der Waals surface area contributed by atoms with Crippen molar-refractivity contribution < 1.29 is 4.79 Å². The Morgan fingerprint density at radius 2 is 1.62 bits per heavy atom. The summed E-state index contributed by atoms with van der Waals surface area (Å²) in [6.07, 6.45) is 1.00. The molecular formula is C27H31N3OS. The number of fused-ring (bicyclic) bond motifs is 1. The molecule has 2 aromatic carbocycles. The minimum atomic E-state index is 0.258. The van der Waals surface area contributed by atoms with Gasteiger partial charge in [0.25, 0.3) is 0 Å². The van der Waals surface area contributed by atoms with E-state index in [1.54, 1.807) is 0 Å². The number of hydrogen-bond acceptors (Lipinski definition) is 4. The van der Waals surface area contributed by atoms with Gasteiger partial charge in [-0.3, -0.25) is 14.6 Å². The van der Waals surface area contributed by atoms with E-state index in [1.807, 2.05) is 16.2 Å². The second kappa shape index (κ2) is 9.57. The molecule has 1 amide bonds. The summed E-state index contributed by atoms with van der Waals surface area (Å²) in [5, 5.41) is 2.15. The van der Waals surface area contributed by atoms with Crippen LogP contribution in [0.5, 0.6) is 0 Å². The zero-order chi connectivity index (χ0) is 21.9. The fourth-order valence-corrected chi connectivity index (χ4v) is 5.82. The van der Waals surface area contributed by atoms with Crippen LogP contribution >= 0.6 is 11.3 Å². The third-order valence-corrected chi connectivity index (χ3v) is 7.82.